The van der Waals surface area contributed by atoms with Gasteiger partial charge in [0.1, 0.15) is 6.61 Å². The van der Waals surface area contributed by atoms with E-state index in [4.69, 9.17) is 11.2 Å². The van der Waals surface area contributed by atoms with Crippen molar-refractivity contribution in [1.29, 1.82) is 0 Å². The third kappa shape index (κ3) is 3.25. The number of nitrogens with zero attached hydrogens (tertiary/aromatic N) is 1. The summed E-state index contributed by atoms with van der Waals surface area (Å²) >= 11 is 0. The molecule has 0 atom stereocenters. The SMILES string of the molecule is C#CCN(C(=O)OCc1ccccc1)C1CC1. The Morgan fingerprint density at radius 2 is 2.12 bits per heavy atom. The second kappa shape index (κ2) is 5.40. The number of hydrogen-bond donors (Lipinski definition) is 0. The van der Waals surface area contributed by atoms with E-state index in [-0.39, 0.29) is 12.1 Å². The molecule has 0 aromatic heterocycles. The van der Waals surface area contributed by atoms with E-state index in [2.05, 4.69) is 5.92 Å². The maximum atomic E-state index is 11.8. The number of carbonyl (C=O) groups is 1. The predicted molar refractivity (Wildman–Crippen MR) is 65.2 cm³/mol. The molecule has 1 amide bonds. The summed E-state index contributed by atoms with van der Waals surface area (Å²) in [7, 11) is 0. The minimum absolute atomic E-state index is 0.286. The van der Waals surface area contributed by atoms with Gasteiger partial charge in [0, 0.05) is 6.04 Å². The average Bonchev–Trinajstić information content (AvgIpc) is 3.18. The Morgan fingerprint density at radius 3 is 2.71 bits per heavy atom. The van der Waals surface area contributed by atoms with Gasteiger partial charge in [-0.3, -0.25) is 4.90 Å². The highest BCUT2D eigenvalue weighted by Crippen LogP contribution is 2.27. The van der Waals surface area contributed by atoms with Gasteiger partial charge in [0.25, 0.3) is 0 Å². The average molecular weight is 229 g/mol. The topological polar surface area (TPSA) is 29.5 Å². The van der Waals surface area contributed by atoms with Gasteiger partial charge in [-0.2, -0.15) is 0 Å². The molecular weight excluding hydrogens is 214 g/mol. The quantitative estimate of drug-likeness (QED) is 0.742. The molecule has 0 aliphatic heterocycles. The lowest BCUT2D eigenvalue weighted by Crippen LogP contribution is -2.33. The molecule has 0 spiro atoms. The molecule has 88 valence electrons. The molecule has 1 aromatic rings. The zero-order valence-electron chi connectivity index (χ0n) is 9.63. The fourth-order valence-corrected chi connectivity index (χ4v) is 1.63. The van der Waals surface area contributed by atoms with Gasteiger partial charge in [-0.1, -0.05) is 36.3 Å². The number of ether oxygens (including phenoxy) is 1. The highest BCUT2D eigenvalue weighted by molar-refractivity contribution is 5.68. The molecule has 1 fully saturated rings. The molecule has 0 N–H and O–H groups in total. The summed E-state index contributed by atoms with van der Waals surface area (Å²) in [5, 5.41) is 0. The molecular formula is C14H15NO2. The summed E-state index contributed by atoms with van der Waals surface area (Å²) < 4.78 is 5.24. The lowest BCUT2D eigenvalue weighted by Gasteiger charge is -2.19. The lowest BCUT2D eigenvalue weighted by atomic mass is 10.2. The maximum absolute atomic E-state index is 11.8. The normalized spacial score (nSPS) is 13.8. The standard InChI is InChI=1S/C14H15NO2/c1-2-10-15(13-8-9-13)14(16)17-11-12-6-4-3-5-7-12/h1,3-7,13H,8-11H2. The Kier molecular flexibility index (Phi) is 3.66. The van der Waals surface area contributed by atoms with Gasteiger partial charge in [0.05, 0.1) is 6.54 Å². The Bertz CT molecular complexity index is 418. The molecule has 0 saturated heterocycles. The summed E-state index contributed by atoms with van der Waals surface area (Å²) in [5.74, 6) is 2.49. The first-order chi connectivity index (χ1) is 8.31. The summed E-state index contributed by atoms with van der Waals surface area (Å²) in [5.41, 5.74) is 0.984. The molecule has 1 aliphatic carbocycles. The van der Waals surface area contributed by atoms with Gasteiger partial charge >= 0.3 is 6.09 Å². The number of carbonyl (C=O) groups excluding carboxylic acids is 1. The summed E-state index contributed by atoms with van der Waals surface area (Å²) in [6.45, 7) is 0.631. The van der Waals surface area contributed by atoms with Crippen LogP contribution < -0.4 is 0 Å². The van der Waals surface area contributed by atoms with Crippen molar-refractivity contribution in [2.45, 2.75) is 25.5 Å². The summed E-state index contributed by atoms with van der Waals surface area (Å²) in [6, 6.07) is 9.91. The molecule has 3 heteroatoms. The molecule has 0 radical (unpaired) electrons. The van der Waals surface area contributed by atoms with E-state index in [9.17, 15) is 4.79 Å². The number of hydrogen-bond acceptors (Lipinski definition) is 2. The van der Waals surface area contributed by atoms with Crippen LogP contribution in [-0.2, 0) is 11.3 Å². The van der Waals surface area contributed by atoms with Crippen LogP contribution in [0.15, 0.2) is 30.3 Å². The van der Waals surface area contributed by atoms with Gasteiger partial charge in [0.2, 0.25) is 0 Å². The van der Waals surface area contributed by atoms with Crippen molar-refractivity contribution >= 4 is 6.09 Å². The maximum Gasteiger partial charge on any atom is 0.411 e. The fourth-order valence-electron chi connectivity index (χ4n) is 1.63. The number of terminal acetylenes is 1. The van der Waals surface area contributed by atoms with E-state index in [1.165, 1.54) is 0 Å². The molecule has 0 unspecified atom stereocenters. The van der Waals surface area contributed by atoms with Crippen molar-refractivity contribution in [3.05, 3.63) is 35.9 Å². The second-order valence-electron chi connectivity index (χ2n) is 4.10. The Labute approximate surface area is 101 Å². The Hall–Kier alpha value is -1.95. The van der Waals surface area contributed by atoms with Crippen LogP contribution in [0.5, 0.6) is 0 Å². The van der Waals surface area contributed by atoms with Crippen molar-refractivity contribution in [3.63, 3.8) is 0 Å². The van der Waals surface area contributed by atoms with Crippen molar-refractivity contribution in [1.82, 2.24) is 4.90 Å². The molecule has 17 heavy (non-hydrogen) atoms. The second-order valence-corrected chi connectivity index (χ2v) is 4.10. The molecule has 0 heterocycles. The van der Waals surface area contributed by atoms with E-state index in [0.717, 1.165) is 18.4 Å². The molecule has 1 aromatic carbocycles. The summed E-state index contributed by atoms with van der Waals surface area (Å²) in [4.78, 5) is 13.4. The lowest BCUT2D eigenvalue weighted by molar-refractivity contribution is 0.0984. The van der Waals surface area contributed by atoms with Crippen molar-refractivity contribution in [3.8, 4) is 12.3 Å². The zero-order chi connectivity index (χ0) is 12.1. The number of benzene rings is 1. The van der Waals surface area contributed by atoms with E-state index >= 15 is 0 Å². The van der Waals surface area contributed by atoms with E-state index in [0.29, 0.717) is 13.2 Å². The third-order valence-electron chi connectivity index (χ3n) is 2.69. The first-order valence-corrected chi connectivity index (χ1v) is 5.72. The molecule has 2 rings (SSSR count). The Morgan fingerprint density at radius 1 is 1.41 bits per heavy atom. The van der Waals surface area contributed by atoms with E-state index < -0.39 is 0 Å². The third-order valence-corrected chi connectivity index (χ3v) is 2.69. The minimum atomic E-state index is -0.311. The smallest absolute Gasteiger partial charge is 0.411 e. The molecule has 0 bridgehead atoms. The van der Waals surface area contributed by atoms with Crippen molar-refractivity contribution in [2.75, 3.05) is 6.54 Å². The highest BCUT2D eigenvalue weighted by atomic mass is 16.6. The highest BCUT2D eigenvalue weighted by Gasteiger charge is 2.32. The first-order valence-electron chi connectivity index (χ1n) is 5.72. The van der Waals surface area contributed by atoms with Crippen LogP contribution in [0.2, 0.25) is 0 Å². The van der Waals surface area contributed by atoms with Crippen LogP contribution in [0, 0.1) is 12.3 Å². The van der Waals surface area contributed by atoms with Gasteiger partial charge in [0.15, 0.2) is 0 Å². The van der Waals surface area contributed by atoms with Crippen LogP contribution in [0.4, 0.5) is 4.79 Å². The van der Waals surface area contributed by atoms with Crippen LogP contribution in [0.3, 0.4) is 0 Å². The fraction of sp³-hybridized carbons (Fsp3) is 0.357. The van der Waals surface area contributed by atoms with Gasteiger partial charge < -0.3 is 4.74 Å². The van der Waals surface area contributed by atoms with E-state index in [1.807, 2.05) is 30.3 Å². The van der Waals surface area contributed by atoms with Crippen LogP contribution in [-0.4, -0.2) is 23.6 Å². The van der Waals surface area contributed by atoms with Crippen molar-refractivity contribution in [2.24, 2.45) is 0 Å². The minimum Gasteiger partial charge on any atom is -0.445 e. The van der Waals surface area contributed by atoms with Crippen LogP contribution in [0.25, 0.3) is 0 Å². The van der Waals surface area contributed by atoms with Crippen LogP contribution >= 0.6 is 0 Å². The Balaban J connectivity index is 1.86. The number of rotatable bonds is 4. The monoisotopic (exact) mass is 229 g/mol. The van der Waals surface area contributed by atoms with Gasteiger partial charge in [-0.15, -0.1) is 6.42 Å². The molecule has 1 saturated carbocycles. The summed E-state index contributed by atoms with van der Waals surface area (Å²) in [6.07, 6.45) is 6.99. The number of amides is 1. The first kappa shape index (κ1) is 11.5. The van der Waals surface area contributed by atoms with Gasteiger partial charge in [-0.05, 0) is 18.4 Å². The van der Waals surface area contributed by atoms with Crippen LogP contribution in [0.1, 0.15) is 18.4 Å². The predicted octanol–water partition coefficient (Wildman–Crippen LogP) is 2.42. The largest absolute Gasteiger partial charge is 0.445 e. The molecule has 1 aliphatic rings. The van der Waals surface area contributed by atoms with Gasteiger partial charge in [-0.25, -0.2) is 4.79 Å². The molecule has 3 nitrogen and oxygen atoms in total. The van der Waals surface area contributed by atoms with Crippen molar-refractivity contribution < 1.29 is 9.53 Å². The zero-order valence-corrected chi connectivity index (χ0v) is 9.63. The van der Waals surface area contributed by atoms with E-state index in [1.54, 1.807) is 4.90 Å².